The van der Waals surface area contributed by atoms with E-state index in [-0.39, 0.29) is 5.78 Å². The molecule has 4 heteroatoms. The number of carbonyl (C=O) groups is 1. The molecule has 0 N–H and O–H groups in total. The summed E-state index contributed by atoms with van der Waals surface area (Å²) in [6, 6.07) is 15.5. The Balaban J connectivity index is 2.00. The number of carbonyl (C=O) groups excluding carboxylic acids is 1. The second kappa shape index (κ2) is 5.73. The van der Waals surface area contributed by atoms with Gasteiger partial charge in [0.15, 0.2) is 5.78 Å². The molecule has 2 aromatic rings. The number of fused-ring (bicyclic) bond motifs is 4. The van der Waals surface area contributed by atoms with E-state index in [9.17, 15) is 4.79 Å². The van der Waals surface area contributed by atoms with E-state index in [0.717, 1.165) is 11.1 Å². The van der Waals surface area contributed by atoms with Gasteiger partial charge in [0.2, 0.25) is 0 Å². The van der Waals surface area contributed by atoms with Crippen molar-refractivity contribution in [3.05, 3.63) is 47.5 Å². The fourth-order valence-electron chi connectivity index (χ4n) is 4.62. The van der Waals surface area contributed by atoms with Crippen molar-refractivity contribution in [3.63, 3.8) is 0 Å². The normalized spacial score (nSPS) is 17.4. The first kappa shape index (κ1) is 16.4. The van der Waals surface area contributed by atoms with Crippen LogP contribution in [-0.4, -0.2) is 42.0 Å². The van der Waals surface area contributed by atoms with E-state index in [1.54, 1.807) is 0 Å². The molecule has 1 saturated heterocycles. The highest BCUT2D eigenvalue weighted by Crippen LogP contribution is 2.36. The van der Waals surface area contributed by atoms with Gasteiger partial charge in [0.25, 0.3) is 0 Å². The lowest BCUT2D eigenvalue weighted by molar-refractivity contribution is 0.104. The zero-order valence-electron chi connectivity index (χ0n) is 15.6. The summed E-state index contributed by atoms with van der Waals surface area (Å²) in [5.74, 6) is 0.214. The summed E-state index contributed by atoms with van der Waals surface area (Å²) in [7, 11) is 6.48. The van der Waals surface area contributed by atoms with Gasteiger partial charge in [-0.05, 0) is 58.9 Å². The lowest BCUT2D eigenvalue weighted by atomic mass is 10.0. The molecule has 0 atom stereocenters. The predicted octanol–water partition coefficient (Wildman–Crippen LogP) is 2.72. The average Bonchev–Trinajstić information content (AvgIpc) is 3.09. The molecule has 0 saturated carbocycles. The molecule has 2 aliphatic rings. The minimum Gasteiger partial charge on any atom is -0.378 e. The van der Waals surface area contributed by atoms with Crippen molar-refractivity contribution < 1.29 is 4.79 Å². The van der Waals surface area contributed by atoms with Gasteiger partial charge < -0.3 is 9.80 Å². The van der Waals surface area contributed by atoms with Crippen LogP contribution < -0.4 is 20.2 Å². The van der Waals surface area contributed by atoms with Crippen molar-refractivity contribution in [2.75, 3.05) is 38.0 Å². The first-order valence-corrected chi connectivity index (χ1v) is 11.5. The number of hydrogen-bond acceptors (Lipinski definition) is 3. The smallest absolute Gasteiger partial charge is 0.192 e. The molecule has 0 amide bonds. The molecule has 2 aliphatic heterocycles. The molecule has 0 bridgehead atoms. The molecule has 25 heavy (non-hydrogen) atoms. The van der Waals surface area contributed by atoms with Crippen LogP contribution in [0.5, 0.6) is 0 Å². The van der Waals surface area contributed by atoms with Crippen LogP contribution in [0.15, 0.2) is 36.4 Å². The molecule has 130 valence electrons. The molecule has 2 aromatic carbocycles. The van der Waals surface area contributed by atoms with Gasteiger partial charge in [-0.2, -0.15) is 0 Å². The number of hydrogen-bond donors (Lipinski definition) is 0. The minimum atomic E-state index is -1.83. The summed E-state index contributed by atoms with van der Waals surface area (Å²) in [6.45, 7) is 0. The third-order valence-corrected chi connectivity index (χ3v) is 11.3. The third-order valence-electron chi connectivity index (χ3n) is 6.02. The van der Waals surface area contributed by atoms with E-state index >= 15 is 0 Å². The Hall–Kier alpha value is -2.07. The first-order chi connectivity index (χ1) is 11.9. The molecule has 0 radical (unpaired) electrons. The molecule has 1 spiro atoms. The van der Waals surface area contributed by atoms with Crippen LogP contribution in [0, 0.1) is 0 Å². The molecule has 2 heterocycles. The van der Waals surface area contributed by atoms with E-state index in [4.69, 9.17) is 0 Å². The second-order valence-electron chi connectivity index (χ2n) is 7.87. The summed E-state index contributed by atoms with van der Waals surface area (Å²) >= 11 is 0. The Bertz CT molecular complexity index is 787. The summed E-state index contributed by atoms with van der Waals surface area (Å²) < 4.78 is 0. The van der Waals surface area contributed by atoms with Crippen LogP contribution in [0.1, 0.15) is 28.8 Å². The van der Waals surface area contributed by atoms with Gasteiger partial charge in [-0.25, -0.2) is 0 Å². The molecule has 0 unspecified atom stereocenters. The maximum Gasteiger partial charge on any atom is 0.192 e. The maximum absolute atomic E-state index is 13.2. The van der Waals surface area contributed by atoms with Crippen LogP contribution in [0.3, 0.4) is 0 Å². The Kier molecular flexibility index (Phi) is 3.76. The summed E-state index contributed by atoms with van der Waals surface area (Å²) in [6.07, 6.45) is 2.58. The third kappa shape index (κ3) is 2.35. The van der Waals surface area contributed by atoms with Crippen LogP contribution in [-0.2, 0) is 0 Å². The molecular weight excluding hydrogens is 324 g/mol. The zero-order chi connectivity index (χ0) is 17.8. The fourth-order valence-corrected chi connectivity index (χ4v) is 10.2. The van der Waals surface area contributed by atoms with Gasteiger partial charge in [-0.3, -0.25) is 4.79 Å². The van der Waals surface area contributed by atoms with E-state index in [2.05, 4.69) is 74.4 Å². The molecule has 4 rings (SSSR count). The molecule has 0 aliphatic carbocycles. The van der Waals surface area contributed by atoms with Gasteiger partial charge in [0.05, 0.1) is 0 Å². The fraction of sp³-hybridized carbons (Fsp3) is 0.381. The van der Waals surface area contributed by atoms with Crippen molar-refractivity contribution in [1.29, 1.82) is 0 Å². The van der Waals surface area contributed by atoms with E-state index in [0.29, 0.717) is 0 Å². The topological polar surface area (TPSA) is 23.6 Å². The van der Waals surface area contributed by atoms with Gasteiger partial charge in [-0.1, -0.05) is 12.8 Å². The van der Waals surface area contributed by atoms with Gasteiger partial charge in [0, 0.05) is 50.7 Å². The second-order valence-corrected chi connectivity index (χ2v) is 12.1. The quantitative estimate of drug-likeness (QED) is 0.778. The summed E-state index contributed by atoms with van der Waals surface area (Å²) in [5.41, 5.74) is 4.34. The Labute approximate surface area is 151 Å². The highest BCUT2D eigenvalue weighted by atomic mass is 28.3. The monoisotopic (exact) mass is 350 g/mol. The number of nitrogens with zero attached hydrogens (tertiary/aromatic N) is 2. The van der Waals surface area contributed by atoms with E-state index in [1.165, 1.54) is 46.7 Å². The standard InChI is InChI=1S/C21H26N2OSi/c1-22(2)15-7-9-17-19(13-15)25(11-5-6-12-25)20-14-16(23(3)4)8-10-18(20)21(17)24/h7-10,13-14H,5-6,11-12H2,1-4H3. The SMILES string of the molecule is CN(C)c1ccc2c(c1)[Si]1(CCCC1)c1cc(N(C)C)ccc1C2=O. The highest BCUT2D eigenvalue weighted by Gasteiger charge is 2.47. The number of ketones is 1. The molecule has 3 nitrogen and oxygen atoms in total. The lowest BCUT2D eigenvalue weighted by Crippen LogP contribution is -2.62. The van der Waals surface area contributed by atoms with Crippen LogP contribution in [0.2, 0.25) is 12.1 Å². The zero-order valence-corrected chi connectivity index (χ0v) is 16.6. The van der Waals surface area contributed by atoms with E-state index < -0.39 is 8.07 Å². The van der Waals surface area contributed by atoms with Crippen molar-refractivity contribution in [2.24, 2.45) is 0 Å². The van der Waals surface area contributed by atoms with Crippen molar-refractivity contribution in [2.45, 2.75) is 24.9 Å². The van der Waals surface area contributed by atoms with Crippen LogP contribution in [0.25, 0.3) is 0 Å². The van der Waals surface area contributed by atoms with E-state index in [1.807, 2.05) is 0 Å². The maximum atomic E-state index is 13.2. The largest absolute Gasteiger partial charge is 0.378 e. The highest BCUT2D eigenvalue weighted by molar-refractivity contribution is 7.04. The number of benzene rings is 2. The lowest BCUT2D eigenvalue weighted by Gasteiger charge is -2.37. The Morgan fingerprint density at radius 3 is 1.60 bits per heavy atom. The Morgan fingerprint density at radius 2 is 1.20 bits per heavy atom. The van der Waals surface area contributed by atoms with Crippen molar-refractivity contribution in [3.8, 4) is 0 Å². The molecule has 0 aromatic heterocycles. The molecule has 1 fully saturated rings. The number of anilines is 2. The first-order valence-electron chi connectivity index (χ1n) is 9.12. The van der Waals surface area contributed by atoms with Crippen molar-refractivity contribution in [1.82, 2.24) is 0 Å². The van der Waals surface area contributed by atoms with Gasteiger partial charge in [0.1, 0.15) is 8.07 Å². The van der Waals surface area contributed by atoms with Crippen LogP contribution in [0.4, 0.5) is 11.4 Å². The summed E-state index contributed by atoms with van der Waals surface area (Å²) in [4.78, 5) is 17.5. The predicted molar refractivity (Wildman–Crippen MR) is 109 cm³/mol. The Morgan fingerprint density at radius 1 is 0.760 bits per heavy atom. The summed E-state index contributed by atoms with van der Waals surface area (Å²) in [5, 5.41) is 2.76. The van der Waals surface area contributed by atoms with Crippen molar-refractivity contribution >= 4 is 35.6 Å². The molecular formula is C21H26N2OSi. The van der Waals surface area contributed by atoms with Gasteiger partial charge in [-0.15, -0.1) is 0 Å². The number of rotatable bonds is 2. The average molecular weight is 351 g/mol. The van der Waals surface area contributed by atoms with Crippen LogP contribution >= 0.6 is 0 Å². The van der Waals surface area contributed by atoms with Gasteiger partial charge >= 0.3 is 0 Å². The minimum absolute atomic E-state index is 0.214.